The molecule has 0 fully saturated rings. The molecule has 5 nitrogen and oxygen atoms in total. The lowest BCUT2D eigenvalue weighted by Gasteiger charge is -2.15. The molecule has 0 aliphatic carbocycles. The maximum absolute atomic E-state index is 12.7. The molecule has 94 valence electrons. The van der Waals surface area contributed by atoms with Gasteiger partial charge in [-0.05, 0) is 17.7 Å². The number of carbonyl (C=O) groups is 1. The first kappa shape index (κ1) is 12.4. The summed E-state index contributed by atoms with van der Waals surface area (Å²) >= 11 is 1.04. The van der Waals surface area contributed by atoms with Crippen LogP contribution in [0.25, 0.3) is 0 Å². The van der Waals surface area contributed by atoms with E-state index < -0.39 is 0 Å². The van der Waals surface area contributed by atoms with Crippen molar-refractivity contribution >= 4 is 22.4 Å². The van der Waals surface area contributed by atoms with E-state index >= 15 is 0 Å². The number of rotatable bonds is 3. The van der Waals surface area contributed by atoms with Crippen molar-refractivity contribution in [3.8, 4) is 0 Å². The van der Waals surface area contributed by atoms with Crippen LogP contribution in [0.15, 0.2) is 24.3 Å². The molecule has 0 atom stereocenters. The molecule has 0 saturated carbocycles. The van der Waals surface area contributed by atoms with Crippen LogP contribution in [0, 0.1) is 5.82 Å². The summed E-state index contributed by atoms with van der Waals surface area (Å²) in [6.45, 7) is 0.374. The van der Waals surface area contributed by atoms with Gasteiger partial charge in [-0.25, -0.2) is 4.39 Å². The van der Waals surface area contributed by atoms with Crippen LogP contribution in [0.1, 0.15) is 15.4 Å². The Balaban J connectivity index is 2.05. The highest BCUT2D eigenvalue weighted by Crippen LogP contribution is 2.14. The summed E-state index contributed by atoms with van der Waals surface area (Å²) in [5, 5.41) is 7.78. The summed E-state index contributed by atoms with van der Waals surface area (Å²) in [6.07, 6.45) is 0. The monoisotopic (exact) mass is 266 g/mol. The van der Waals surface area contributed by atoms with Crippen molar-refractivity contribution in [1.29, 1.82) is 0 Å². The lowest BCUT2D eigenvalue weighted by atomic mass is 10.2. The molecular formula is C11H11FN4OS. The molecule has 0 aliphatic rings. The van der Waals surface area contributed by atoms with Crippen LogP contribution in [-0.2, 0) is 6.54 Å². The smallest absolute Gasteiger partial charge is 0.284 e. The molecule has 2 rings (SSSR count). The van der Waals surface area contributed by atoms with Gasteiger partial charge in [-0.2, -0.15) is 0 Å². The number of hydrogen-bond donors (Lipinski definition) is 1. The van der Waals surface area contributed by atoms with Gasteiger partial charge >= 0.3 is 0 Å². The van der Waals surface area contributed by atoms with Crippen LogP contribution >= 0.6 is 11.3 Å². The van der Waals surface area contributed by atoms with Crippen molar-refractivity contribution < 1.29 is 9.18 Å². The molecule has 1 aromatic carbocycles. The lowest BCUT2D eigenvalue weighted by Crippen LogP contribution is -2.26. The standard InChI is InChI=1S/C11H11FN4OS/c1-16(6-7-2-4-8(12)5-3-7)10(17)9-14-15-11(13)18-9/h2-5H,6H2,1H3,(H2,13,15). The fraction of sp³-hybridized carbons (Fsp3) is 0.182. The Bertz CT molecular complexity index is 554. The van der Waals surface area contributed by atoms with E-state index in [4.69, 9.17) is 5.73 Å². The topological polar surface area (TPSA) is 72.1 Å². The predicted molar refractivity (Wildman–Crippen MR) is 66.5 cm³/mol. The summed E-state index contributed by atoms with van der Waals surface area (Å²) in [6, 6.07) is 5.98. The van der Waals surface area contributed by atoms with E-state index in [0.29, 0.717) is 6.54 Å². The summed E-state index contributed by atoms with van der Waals surface area (Å²) in [4.78, 5) is 13.4. The number of nitrogens with zero attached hydrogens (tertiary/aromatic N) is 3. The molecule has 1 heterocycles. The number of anilines is 1. The third-order valence-corrected chi connectivity index (χ3v) is 3.04. The highest BCUT2D eigenvalue weighted by atomic mass is 32.1. The minimum absolute atomic E-state index is 0.247. The van der Waals surface area contributed by atoms with Crippen molar-refractivity contribution in [2.75, 3.05) is 12.8 Å². The normalized spacial score (nSPS) is 10.3. The van der Waals surface area contributed by atoms with Crippen LogP contribution < -0.4 is 5.73 Å². The van der Waals surface area contributed by atoms with Gasteiger partial charge in [-0.15, -0.1) is 10.2 Å². The Morgan fingerprint density at radius 3 is 2.61 bits per heavy atom. The number of nitrogens with two attached hydrogens (primary N) is 1. The second-order valence-corrected chi connectivity index (χ2v) is 4.74. The molecule has 0 saturated heterocycles. The average Bonchev–Trinajstić information content (AvgIpc) is 2.78. The molecular weight excluding hydrogens is 255 g/mol. The van der Waals surface area contributed by atoms with Crippen LogP contribution in [0.2, 0.25) is 0 Å². The summed E-state index contributed by atoms with van der Waals surface area (Å²) in [5.41, 5.74) is 6.26. The van der Waals surface area contributed by atoms with Gasteiger partial charge < -0.3 is 10.6 Å². The number of aromatic nitrogens is 2. The third kappa shape index (κ3) is 2.80. The Labute approximate surface area is 107 Å². The summed E-state index contributed by atoms with van der Waals surface area (Å²) in [7, 11) is 1.64. The fourth-order valence-electron chi connectivity index (χ4n) is 1.42. The van der Waals surface area contributed by atoms with Gasteiger partial charge in [-0.1, -0.05) is 23.5 Å². The number of nitrogen functional groups attached to an aromatic ring is 1. The van der Waals surface area contributed by atoms with E-state index in [1.807, 2.05) is 0 Å². The largest absolute Gasteiger partial charge is 0.374 e. The molecule has 0 aliphatic heterocycles. The predicted octanol–water partition coefficient (Wildman–Crippen LogP) is 1.53. The van der Waals surface area contributed by atoms with Crippen molar-refractivity contribution in [3.63, 3.8) is 0 Å². The SMILES string of the molecule is CN(Cc1ccc(F)cc1)C(=O)c1nnc(N)s1. The molecule has 0 radical (unpaired) electrons. The van der Waals surface area contributed by atoms with Crippen LogP contribution in [-0.4, -0.2) is 28.1 Å². The third-order valence-electron chi connectivity index (χ3n) is 2.30. The zero-order chi connectivity index (χ0) is 13.1. The first-order chi connectivity index (χ1) is 8.56. The van der Waals surface area contributed by atoms with E-state index in [0.717, 1.165) is 16.9 Å². The van der Waals surface area contributed by atoms with Crippen LogP contribution in [0.4, 0.5) is 9.52 Å². The quantitative estimate of drug-likeness (QED) is 0.914. The number of amides is 1. The van der Waals surface area contributed by atoms with E-state index in [2.05, 4.69) is 10.2 Å². The molecule has 2 N–H and O–H groups in total. The molecule has 0 unspecified atom stereocenters. The minimum atomic E-state index is -0.301. The Hall–Kier alpha value is -2.02. The van der Waals surface area contributed by atoms with Crippen molar-refractivity contribution in [2.45, 2.75) is 6.54 Å². The second-order valence-electron chi connectivity index (χ2n) is 3.73. The van der Waals surface area contributed by atoms with E-state index in [1.54, 1.807) is 19.2 Å². The fourth-order valence-corrected chi connectivity index (χ4v) is 2.02. The number of halogens is 1. The van der Waals surface area contributed by atoms with Gasteiger partial charge in [0.25, 0.3) is 5.91 Å². The van der Waals surface area contributed by atoms with Gasteiger partial charge in [0.1, 0.15) is 5.82 Å². The van der Waals surface area contributed by atoms with Gasteiger partial charge in [0.05, 0.1) is 0 Å². The van der Waals surface area contributed by atoms with E-state index in [9.17, 15) is 9.18 Å². The lowest BCUT2D eigenvalue weighted by molar-refractivity contribution is 0.0784. The van der Waals surface area contributed by atoms with Gasteiger partial charge in [0, 0.05) is 13.6 Å². The molecule has 0 spiro atoms. The van der Waals surface area contributed by atoms with Crippen LogP contribution in [0.3, 0.4) is 0 Å². The molecule has 2 aromatic rings. The zero-order valence-corrected chi connectivity index (χ0v) is 10.4. The molecule has 7 heteroatoms. The molecule has 0 bridgehead atoms. The Morgan fingerprint density at radius 2 is 2.06 bits per heavy atom. The highest BCUT2D eigenvalue weighted by molar-refractivity contribution is 7.16. The van der Waals surface area contributed by atoms with Crippen molar-refractivity contribution in [2.24, 2.45) is 0 Å². The van der Waals surface area contributed by atoms with Crippen LogP contribution in [0.5, 0.6) is 0 Å². The molecule has 1 amide bonds. The first-order valence-electron chi connectivity index (χ1n) is 5.15. The maximum Gasteiger partial charge on any atom is 0.284 e. The zero-order valence-electron chi connectivity index (χ0n) is 9.63. The number of carbonyl (C=O) groups excluding carboxylic acids is 1. The molecule has 18 heavy (non-hydrogen) atoms. The first-order valence-corrected chi connectivity index (χ1v) is 5.97. The molecule has 1 aromatic heterocycles. The Morgan fingerprint density at radius 1 is 1.39 bits per heavy atom. The van der Waals surface area contributed by atoms with Gasteiger partial charge in [0.15, 0.2) is 0 Å². The highest BCUT2D eigenvalue weighted by Gasteiger charge is 2.16. The maximum atomic E-state index is 12.7. The van der Waals surface area contributed by atoms with E-state index in [-0.39, 0.29) is 21.9 Å². The minimum Gasteiger partial charge on any atom is -0.374 e. The second kappa shape index (κ2) is 5.09. The average molecular weight is 266 g/mol. The summed E-state index contributed by atoms with van der Waals surface area (Å²) in [5.74, 6) is -0.557. The van der Waals surface area contributed by atoms with Gasteiger partial charge in [-0.3, -0.25) is 4.79 Å². The van der Waals surface area contributed by atoms with Crippen molar-refractivity contribution in [3.05, 3.63) is 40.7 Å². The van der Waals surface area contributed by atoms with Gasteiger partial charge in [0.2, 0.25) is 10.1 Å². The van der Waals surface area contributed by atoms with E-state index in [1.165, 1.54) is 17.0 Å². The number of hydrogen-bond acceptors (Lipinski definition) is 5. The Kier molecular flexibility index (Phi) is 3.52. The summed E-state index contributed by atoms with van der Waals surface area (Å²) < 4.78 is 12.7. The number of benzene rings is 1. The van der Waals surface area contributed by atoms with Crippen molar-refractivity contribution in [1.82, 2.24) is 15.1 Å².